The molecule has 0 aliphatic rings. The highest BCUT2D eigenvalue weighted by Gasteiger charge is 2.35. The molecule has 0 fully saturated rings. The molecular formula is C16H15ClF3NO3S. The van der Waals surface area contributed by atoms with Gasteiger partial charge in [0.15, 0.2) is 0 Å². The van der Waals surface area contributed by atoms with Gasteiger partial charge in [0.25, 0.3) is 10.0 Å². The third kappa shape index (κ3) is 4.19. The van der Waals surface area contributed by atoms with Crippen LogP contribution in [0.15, 0.2) is 35.2 Å². The summed E-state index contributed by atoms with van der Waals surface area (Å²) in [6.45, 7) is 3.17. The van der Waals surface area contributed by atoms with Crippen molar-refractivity contribution in [1.82, 2.24) is 0 Å². The molecule has 0 heterocycles. The zero-order valence-corrected chi connectivity index (χ0v) is 15.1. The molecule has 0 spiro atoms. The molecule has 0 aliphatic heterocycles. The Morgan fingerprint density at radius 1 is 1.08 bits per heavy atom. The van der Waals surface area contributed by atoms with Crippen molar-refractivity contribution < 1.29 is 26.3 Å². The van der Waals surface area contributed by atoms with Crippen molar-refractivity contribution in [3.8, 4) is 5.75 Å². The summed E-state index contributed by atoms with van der Waals surface area (Å²) in [4.78, 5) is -0.131. The number of alkyl halides is 3. The molecule has 2 rings (SSSR count). The quantitative estimate of drug-likeness (QED) is 0.812. The molecule has 0 radical (unpaired) electrons. The van der Waals surface area contributed by atoms with Gasteiger partial charge in [-0.25, -0.2) is 8.42 Å². The van der Waals surface area contributed by atoms with E-state index in [0.29, 0.717) is 22.9 Å². The largest absolute Gasteiger partial charge is 0.496 e. The lowest BCUT2D eigenvalue weighted by Crippen LogP contribution is -2.18. The molecule has 0 saturated heterocycles. The van der Waals surface area contributed by atoms with Gasteiger partial charge in [-0.1, -0.05) is 11.6 Å². The lowest BCUT2D eigenvalue weighted by atomic mass is 10.1. The summed E-state index contributed by atoms with van der Waals surface area (Å²) in [6, 6.07) is 5.69. The van der Waals surface area contributed by atoms with Crippen LogP contribution in [0.2, 0.25) is 5.02 Å². The number of nitrogens with one attached hydrogen (secondary N) is 1. The second-order valence-electron chi connectivity index (χ2n) is 5.38. The molecule has 0 aliphatic carbocycles. The van der Waals surface area contributed by atoms with Crippen molar-refractivity contribution >= 4 is 27.3 Å². The Labute approximate surface area is 148 Å². The highest BCUT2D eigenvalue weighted by atomic mass is 35.5. The smallest absolute Gasteiger partial charge is 0.418 e. The Morgan fingerprint density at radius 3 is 2.28 bits per heavy atom. The van der Waals surface area contributed by atoms with Crippen LogP contribution in [-0.4, -0.2) is 15.5 Å². The molecule has 9 heteroatoms. The molecule has 0 atom stereocenters. The molecule has 1 N–H and O–H groups in total. The normalized spacial score (nSPS) is 12.1. The first kappa shape index (κ1) is 19.4. The van der Waals surface area contributed by atoms with Gasteiger partial charge in [0, 0.05) is 5.02 Å². The molecule has 0 unspecified atom stereocenters. The van der Waals surface area contributed by atoms with Gasteiger partial charge < -0.3 is 4.74 Å². The number of benzene rings is 2. The summed E-state index contributed by atoms with van der Waals surface area (Å²) in [5.41, 5.74) is -0.866. The van der Waals surface area contributed by atoms with E-state index in [1.165, 1.54) is 32.2 Å². The number of aryl methyl sites for hydroxylation is 2. The second kappa shape index (κ2) is 6.76. The van der Waals surface area contributed by atoms with Gasteiger partial charge in [-0.3, -0.25) is 4.72 Å². The van der Waals surface area contributed by atoms with E-state index in [9.17, 15) is 21.6 Å². The molecular weight excluding hydrogens is 379 g/mol. The first-order valence-corrected chi connectivity index (χ1v) is 8.86. The number of halogens is 4. The van der Waals surface area contributed by atoms with E-state index >= 15 is 0 Å². The van der Waals surface area contributed by atoms with Crippen LogP contribution in [0.25, 0.3) is 0 Å². The van der Waals surface area contributed by atoms with E-state index in [1.807, 2.05) is 4.72 Å². The van der Waals surface area contributed by atoms with Crippen LogP contribution in [0.3, 0.4) is 0 Å². The van der Waals surface area contributed by atoms with E-state index in [-0.39, 0.29) is 9.92 Å². The zero-order chi connectivity index (χ0) is 19.0. The Bertz CT molecular complexity index is 912. The fraction of sp³-hybridized carbons (Fsp3) is 0.250. The molecule has 0 bridgehead atoms. The van der Waals surface area contributed by atoms with E-state index in [1.54, 1.807) is 6.92 Å². The first-order chi connectivity index (χ1) is 11.5. The maximum atomic E-state index is 13.1. The first-order valence-electron chi connectivity index (χ1n) is 7.00. The monoisotopic (exact) mass is 393 g/mol. The van der Waals surface area contributed by atoms with Crippen molar-refractivity contribution in [3.05, 3.63) is 52.0 Å². The van der Waals surface area contributed by atoms with Crippen LogP contribution < -0.4 is 9.46 Å². The van der Waals surface area contributed by atoms with Crippen LogP contribution in [0, 0.1) is 13.8 Å². The third-order valence-corrected chi connectivity index (χ3v) is 5.26. The van der Waals surface area contributed by atoms with E-state index in [4.69, 9.17) is 16.3 Å². The summed E-state index contributed by atoms with van der Waals surface area (Å²) in [7, 11) is -2.79. The predicted octanol–water partition coefficient (Wildman–Crippen LogP) is 4.79. The average molecular weight is 394 g/mol. The average Bonchev–Trinajstić information content (AvgIpc) is 2.49. The molecule has 136 valence electrons. The summed E-state index contributed by atoms with van der Waals surface area (Å²) in [6.07, 6.45) is -4.76. The number of sulfonamides is 1. The van der Waals surface area contributed by atoms with Crippen LogP contribution in [0.5, 0.6) is 5.75 Å². The lowest BCUT2D eigenvalue weighted by molar-refractivity contribution is -0.136. The topological polar surface area (TPSA) is 55.4 Å². The Hall–Kier alpha value is -1.93. The SMILES string of the molecule is COc1cc(C)c(S(=O)(=O)Nc2ccc(Cl)cc2C(F)(F)F)cc1C. The molecule has 0 amide bonds. The minimum Gasteiger partial charge on any atom is -0.496 e. The predicted molar refractivity (Wildman–Crippen MR) is 89.7 cm³/mol. The van der Waals surface area contributed by atoms with Gasteiger partial charge in [0.1, 0.15) is 5.75 Å². The van der Waals surface area contributed by atoms with Gasteiger partial charge in [-0.05, 0) is 55.3 Å². The number of anilines is 1. The van der Waals surface area contributed by atoms with Crippen LogP contribution in [0.4, 0.5) is 18.9 Å². The highest BCUT2D eigenvalue weighted by Crippen LogP contribution is 2.37. The highest BCUT2D eigenvalue weighted by molar-refractivity contribution is 7.92. The number of hydrogen-bond donors (Lipinski definition) is 1. The van der Waals surface area contributed by atoms with Crippen LogP contribution in [-0.2, 0) is 16.2 Å². The van der Waals surface area contributed by atoms with Crippen molar-refractivity contribution in [2.75, 3.05) is 11.8 Å². The van der Waals surface area contributed by atoms with Gasteiger partial charge in [0.2, 0.25) is 0 Å². The van der Waals surface area contributed by atoms with E-state index < -0.39 is 27.5 Å². The number of methoxy groups -OCH3 is 1. The molecule has 25 heavy (non-hydrogen) atoms. The van der Waals surface area contributed by atoms with Crippen molar-refractivity contribution in [2.45, 2.75) is 24.9 Å². The van der Waals surface area contributed by atoms with Crippen molar-refractivity contribution in [1.29, 1.82) is 0 Å². The number of ether oxygens (including phenoxy) is 1. The number of hydrogen-bond acceptors (Lipinski definition) is 3. The summed E-state index contributed by atoms with van der Waals surface area (Å²) < 4.78 is 71.7. The van der Waals surface area contributed by atoms with Crippen LogP contribution in [0.1, 0.15) is 16.7 Å². The standard InChI is InChI=1S/C16H15ClF3NO3S/c1-9-7-15(10(2)6-14(9)24-3)25(22,23)21-13-5-4-11(17)8-12(13)16(18,19)20/h4-8,21H,1-3H3. The summed E-state index contributed by atoms with van der Waals surface area (Å²) in [5, 5.41) is -0.147. The van der Waals surface area contributed by atoms with E-state index in [2.05, 4.69) is 0 Å². The van der Waals surface area contributed by atoms with Gasteiger partial charge >= 0.3 is 6.18 Å². The molecule has 2 aromatic rings. The van der Waals surface area contributed by atoms with Gasteiger partial charge in [-0.15, -0.1) is 0 Å². The van der Waals surface area contributed by atoms with Crippen LogP contribution >= 0.6 is 11.6 Å². The third-order valence-electron chi connectivity index (χ3n) is 3.51. The molecule has 0 aromatic heterocycles. The fourth-order valence-corrected chi connectivity index (χ4v) is 3.88. The molecule has 2 aromatic carbocycles. The van der Waals surface area contributed by atoms with Crippen molar-refractivity contribution in [2.24, 2.45) is 0 Å². The minimum atomic E-state index is -4.76. The lowest BCUT2D eigenvalue weighted by Gasteiger charge is -2.17. The number of rotatable bonds is 4. The molecule has 0 saturated carbocycles. The Balaban J connectivity index is 2.53. The summed E-state index contributed by atoms with van der Waals surface area (Å²) in [5.74, 6) is 0.485. The zero-order valence-electron chi connectivity index (χ0n) is 13.5. The van der Waals surface area contributed by atoms with E-state index in [0.717, 1.165) is 6.07 Å². The Morgan fingerprint density at radius 2 is 1.72 bits per heavy atom. The summed E-state index contributed by atoms with van der Waals surface area (Å²) >= 11 is 5.60. The van der Waals surface area contributed by atoms with Crippen molar-refractivity contribution in [3.63, 3.8) is 0 Å². The van der Waals surface area contributed by atoms with Gasteiger partial charge in [0.05, 0.1) is 23.3 Å². The second-order valence-corrected chi connectivity index (χ2v) is 7.47. The Kier molecular flexibility index (Phi) is 5.24. The maximum Gasteiger partial charge on any atom is 0.418 e. The maximum absolute atomic E-state index is 13.1. The minimum absolute atomic E-state index is 0.131. The molecule has 4 nitrogen and oxygen atoms in total. The van der Waals surface area contributed by atoms with Gasteiger partial charge in [-0.2, -0.15) is 13.2 Å². The fourth-order valence-electron chi connectivity index (χ4n) is 2.31.